The van der Waals surface area contributed by atoms with Gasteiger partial charge in [-0.2, -0.15) is 0 Å². The van der Waals surface area contributed by atoms with E-state index >= 15 is 0 Å². The van der Waals surface area contributed by atoms with Crippen molar-refractivity contribution in [3.63, 3.8) is 0 Å². The zero-order chi connectivity index (χ0) is 13.8. The third kappa shape index (κ3) is 3.33. The second kappa shape index (κ2) is 6.16. The maximum atomic E-state index is 13.7. The molecule has 6 heteroatoms. The molecule has 0 aliphatic heterocycles. The monoisotopic (exact) mass is 283 g/mol. The number of hydrogen-bond acceptors (Lipinski definition) is 4. The Kier molecular flexibility index (Phi) is 4.55. The van der Waals surface area contributed by atoms with Gasteiger partial charge in [0.15, 0.2) is 5.01 Å². The number of aryl methyl sites for hydroxylation is 1. The Bertz CT molecular complexity index is 569. The van der Waals surface area contributed by atoms with E-state index in [9.17, 15) is 8.78 Å². The molecule has 0 aliphatic carbocycles. The molecule has 102 valence electrons. The zero-order valence-electron chi connectivity index (χ0n) is 10.8. The van der Waals surface area contributed by atoms with Gasteiger partial charge in [0.05, 0.1) is 0 Å². The summed E-state index contributed by atoms with van der Waals surface area (Å²) in [7, 11) is 0. The van der Waals surface area contributed by atoms with Crippen molar-refractivity contribution in [2.75, 3.05) is 6.54 Å². The molecule has 0 saturated carbocycles. The van der Waals surface area contributed by atoms with E-state index in [2.05, 4.69) is 22.4 Å². The number of rotatable bonds is 5. The van der Waals surface area contributed by atoms with E-state index in [0.717, 1.165) is 24.0 Å². The van der Waals surface area contributed by atoms with E-state index in [4.69, 9.17) is 0 Å². The number of aromatic nitrogens is 2. The van der Waals surface area contributed by atoms with Crippen molar-refractivity contribution in [1.82, 2.24) is 15.5 Å². The van der Waals surface area contributed by atoms with Crippen molar-refractivity contribution >= 4 is 11.3 Å². The van der Waals surface area contributed by atoms with Crippen LogP contribution >= 0.6 is 11.3 Å². The Morgan fingerprint density at radius 3 is 2.74 bits per heavy atom. The highest BCUT2D eigenvalue weighted by atomic mass is 32.1. The lowest BCUT2D eigenvalue weighted by atomic mass is 10.1. The normalized spacial score (nSPS) is 10.9. The maximum absolute atomic E-state index is 13.7. The number of halogens is 2. The predicted molar refractivity (Wildman–Crippen MR) is 72.0 cm³/mol. The standard InChI is InChI=1S/C13H15F2N3S/c1-3-4-16-7-12-17-18-13(19-12)9-5-8(2)10(14)6-11(9)15/h5-6,16H,3-4,7H2,1-2H3. The first-order valence-electron chi connectivity index (χ1n) is 6.11. The van der Waals surface area contributed by atoms with Crippen LogP contribution in [-0.2, 0) is 6.54 Å². The van der Waals surface area contributed by atoms with E-state index < -0.39 is 11.6 Å². The fourth-order valence-corrected chi connectivity index (χ4v) is 2.45. The van der Waals surface area contributed by atoms with E-state index in [1.807, 2.05) is 0 Å². The number of benzene rings is 1. The molecular weight excluding hydrogens is 268 g/mol. The van der Waals surface area contributed by atoms with Crippen molar-refractivity contribution in [2.24, 2.45) is 0 Å². The molecular formula is C13H15F2N3S. The largest absolute Gasteiger partial charge is 0.310 e. The summed E-state index contributed by atoms with van der Waals surface area (Å²) in [6, 6.07) is 2.36. The van der Waals surface area contributed by atoms with Gasteiger partial charge in [-0.05, 0) is 31.5 Å². The highest BCUT2D eigenvalue weighted by molar-refractivity contribution is 7.14. The van der Waals surface area contributed by atoms with Gasteiger partial charge >= 0.3 is 0 Å². The van der Waals surface area contributed by atoms with Gasteiger partial charge in [-0.1, -0.05) is 18.3 Å². The Labute approximate surface area is 114 Å². The molecule has 3 nitrogen and oxygen atoms in total. The molecule has 0 amide bonds. The fraction of sp³-hybridized carbons (Fsp3) is 0.385. The number of nitrogens with one attached hydrogen (secondary N) is 1. The van der Waals surface area contributed by atoms with E-state index in [1.54, 1.807) is 6.92 Å². The quantitative estimate of drug-likeness (QED) is 0.856. The van der Waals surface area contributed by atoms with Gasteiger partial charge in [0.1, 0.15) is 16.6 Å². The summed E-state index contributed by atoms with van der Waals surface area (Å²) in [4.78, 5) is 0. The number of hydrogen-bond donors (Lipinski definition) is 1. The first-order valence-corrected chi connectivity index (χ1v) is 6.92. The molecule has 1 heterocycles. The molecule has 0 bridgehead atoms. The second-order valence-electron chi connectivity index (χ2n) is 4.26. The lowest BCUT2D eigenvalue weighted by Crippen LogP contribution is -2.13. The van der Waals surface area contributed by atoms with Gasteiger partial charge in [0.2, 0.25) is 0 Å². The Morgan fingerprint density at radius 2 is 2.00 bits per heavy atom. The van der Waals surface area contributed by atoms with E-state index in [1.165, 1.54) is 17.4 Å². The molecule has 2 rings (SSSR count). The zero-order valence-corrected chi connectivity index (χ0v) is 11.7. The third-order valence-electron chi connectivity index (χ3n) is 2.65. The van der Waals surface area contributed by atoms with Gasteiger partial charge in [0, 0.05) is 18.2 Å². The minimum atomic E-state index is -0.604. The lowest BCUT2D eigenvalue weighted by molar-refractivity contribution is 0.579. The molecule has 0 atom stereocenters. The maximum Gasteiger partial charge on any atom is 0.150 e. The third-order valence-corrected chi connectivity index (χ3v) is 3.61. The van der Waals surface area contributed by atoms with Crippen LogP contribution in [0.25, 0.3) is 10.6 Å². The van der Waals surface area contributed by atoms with E-state index in [-0.39, 0.29) is 0 Å². The minimum Gasteiger partial charge on any atom is -0.310 e. The average Bonchev–Trinajstić information content (AvgIpc) is 2.83. The molecule has 0 fully saturated rings. The molecule has 1 aromatic carbocycles. The predicted octanol–water partition coefficient (Wildman–Crippen LogP) is 3.29. The van der Waals surface area contributed by atoms with Gasteiger partial charge in [0.25, 0.3) is 0 Å². The van der Waals surface area contributed by atoms with Crippen molar-refractivity contribution in [1.29, 1.82) is 0 Å². The highest BCUT2D eigenvalue weighted by Crippen LogP contribution is 2.28. The van der Waals surface area contributed by atoms with Crippen molar-refractivity contribution in [2.45, 2.75) is 26.8 Å². The molecule has 0 radical (unpaired) electrons. The van der Waals surface area contributed by atoms with Crippen LogP contribution in [0.2, 0.25) is 0 Å². The minimum absolute atomic E-state index is 0.304. The second-order valence-corrected chi connectivity index (χ2v) is 5.32. The first kappa shape index (κ1) is 14.0. The van der Waals surface area contributed by atoms with Gasteiger partial charge in [-0.25, -0.2) is 8.78 Å². The van der Waals surface area contributed by atoms with Gasteiger partial charge in [-0.15, -0.1) is 10.2 Å². The van der Waals surface area contributed by atoms with Crippen LogP contribution in [0.5, 0.6) is 0 Å². The molecule has 0 spiro atoms. The molecule has 19 heavy (non-hydrogen) atoms. The lowest BCUT2D eigenvalue weighted by Gasteiger charge is -2.01. The SMILES string of the molecule is CCCNCc1nnc(-c2cc(C)c(F)cc2F)s1. The molecule has 0 aliphatic rings. The summed E-state index contributed by atoms with van der Waals surface area (Å²) in [5, 5.41) is 12.4. The van der Waals surface area contributed by atoms with E-state index in [0.29, 0.717) is 22.7 Å². The molecule has 1 aromatic heterocycles. The molecule has 2 aromatic rings. The summed E-state index contributed by atoms with van der Waals surface area (Å²) in [6.45, 7) is 5.20. The van der Waals surface area contributed by atoms with Gasteiger partial charge in [-0.3, -0.25) is 0 Å². The molecule has 0 saturated heterocycles. The highest BCUT2D eigenvalue weighted by Gasteiger charge is 2.13. The van der Waals surface area contributed by atoms with Crippen LogP contribution < -0.4 is 5.32 Å². The van der Waals surface area contributed by atoms with Crippen LogP contribution in [-0.4, -0.2) is 16.7 Å². The fourth-order valence-electron chi connectivity index (χ4n) is 1.63. The van der Waals surface area contributed by atoms with Crippen LogP contribution in [0.1, 0.15) is 23.9 Å². The average molecular weight is 283 g/mol. The number of nitrogens with zero attached hydrogens (tertiary/aromatic N) is 2. The van der Waals surface area contributed by atoms with Crippen LogP contribution in [0.15, 0.2) is 12.1 Å². The summed E-state index contributed by atoms with van der Waals surface area (Å²) < 4.78 is 26.9. The van der Waals surface area contributed by atoms with Crippen LogP contribution in [0, 0.1) is 18.6 Å². The topological polar surface area (TPSA) is 37.8 Å². The van der Waals surface area contributed by atoms with Gasteiger partial charge < -0.3 is 5.32 Å². The summed E-state index contributed by atoms with van der Waals surface area (Å²) in [6.07, 6.45) is 1.04. The first-order chi connectivity index (χ1) is 9.11. The Hall–Kier alpha value is -1.40. The summed E-state index contributed by atoms with van der Waals surface area (Å²) in [5.41, 5.74) is 0.704. The summed E-state index contributed by atoms with van der Waals surface area (Å²) in [5.74, 6) is -1.15. The van der Waals surface area contributed by atoms with Crippen molar-refractivity contribution < 1.29 is 8.78 Å². The Morgan fingerprint density at radius 1 is 1.21 bits per heavy atom. The van der Waals surface area contributed by atoms with Crippen LogP contribution in [0.4, 0.5) is 8.78 Å². The van der Waals surface area contributed by atoms with Crippen molar-refractivity contribution in [3.05, 3.63) is 34.3 Å². The molecule has 1 N–H and O–H groups in total. The van der Waals surface area contributed by atoms with Crippen LogP contribution in [0.3, 0.4) is 0 Å². The molecule has 0 unspecified atom stereocenters. The Balaban J connectivity index is 2.20. The smallest absolute Gasteiger partial charge is 0.150 e. The van der Waals surface area contributed by atoms with Crippen molar-refractivity contribution in [3.8, 4) is 10.6 Å². The summed E-state index contributed by atoms with van der Waals surface area (Å²) >= 11 is 1.32.